The first-order valence-corrected chi connectivity index (χ1v) is 9.48. The number of rotatable bonds is 7. The Morgan fingerprint density at radius 1 is 1.11 bits per heavy atom. The number of nitrogens with one attached hydrogen (secondary N) is 2. The van der Waals surface area contributed by atoms with Gasteiger partial charge < -0.3 is 10.2 Å². The van der Waals surface area contributed by atoms with Gasteiger partial charge >= 0.3 is 0 Å². The average molecular weight is 378 g/mol. The third kappa shape index (κ3) is 4.46. The summed E-state index contributed by atoms with van der Waals surface area (Å²) in [6, 6.07) is 15.8. The molecular formula is C22H26N4O2. The summed E-state index contributed by atoms with van der Waals surface area (Å²) >= 11 is 0. The van der Waals surface area contributed by atoms with Crippen molar-refractivity contribution in [3.63, 3.8) is 0 Å². The Morgan fingerprint density at radius 2 is 1.79 bits per heavy atom. The zero-order chi connectivity index (χ0) is 20.1. The lowest BCUT2D eigenvalue weighted by Crippen LogP contribution is -2.35. The Bertz CT molecular complexity index is 1010. The Labute approximate surface area is 164 Å². The summed E-state index contributed by atoms with van der Waals surface area (Å²) in [6.45, 7) is 2.63. The average Bonchev–Trinajstić information content (AvgIpc) is 2.71. The molecule has 6 nitrogen and oxygen atoms in total. The maximum atomic E-state index is 12.5. The summed E-state index contributed by atoms with van der Waals surface area (Å²) in [5.74, 6) is -0.123. The molecule has 1 heterocycles. The number of aromatic amines is 1. The largest absolute Gasteiger partial charge is 0.354 e. The minimum atomic E-state index is -0.247. The number of nitrogens with zero attached hydrogens (tertiary/aromatic N) is 2. The van der Waals surface area contributed by atoms with Gasteiger partial charge in [0.05, 0.1) is 23.5 Å². The van der Waals surface area contributed by atoms with Crippen molar-refractivity contribution in [2.75, 3.05) is 20.6 Å². The number of amides is 1. The van der Waals surface area contributed by atoms with E-state index in [1.54, 1.807) is 12.1 Å². The molecule has 0 aliphatic carbocycles. The first-order valence-electron chi connectivity index (χ1n) is 9.48. The summed E-state index contributed by atoms with van der Waals surface area (Å²) in [5, 5.41) is 10.8. The van der Waals surface area contributed by atoms with Gasteiger partial charge in [0.15, 0.2) is 0 Å². The van der Waals surface area contributed by atoms with Crippen molar-refractivity contribution >= 4 is 16.7 Å². The first-order chi connectivity index (χ1) is 13.5. The third-order valence-corrected chi connectivity index (χ3v) is 4.99. The lowest BCUT2D eigenvalue weighted by molar-refractivity contribution is -0.120. The molecule has 3 aromatic rings. The maximum absolute atomic E-state index is 12.5. The zero-order valence-corrected chi connectivity index (χ0v) is 16.5. The molecule has 0 aliphatic heterocycles. The lowest BCUT2D eigenvalue weighted by Gasteiger charge is -2.25. The fourth-order valence-electron chi connectivity index (χ4n) is 3.31. The van der Waals surface area contributed by atoms with E-state index in [0.29, 0.717) is 23.0 Å². The maximum Gasteiger partial charge on any atom is 0.272 e. The normalized spacial score (nSPS) is 12.3. The predicted octanol–water partition coefficient (Wildman–Crippen LogP) is 2.45. The van der Waals surface area contributed by atoms with Gasteiger partial charge in [0, 0.05) is 11.9 Å². The number of hydrogen-bond acceptors (Lipinski definition) is 4. The van der Waals surface area contributed by atoms with E-state index < -0.39 is 0 Å². The van der Waals surface area contributed by atoms with Crippen LogP contribution in [-0.2, 0) is 17.6 Å². The quantitative estimate of drug-likeness (QED) is 0.662. The Balaban J connectivity index is 1.70. The summed E-state index contributed by atoms with van der Waals surface area (Å²) in [7, 11) is 4.00. The number of carbonyl (C=O) groups is 1. The second-order valence-corrected chi connectivity index (χ2v) is 7.10. The molecule has 0 fully saturated rings. The predicted molar refractivity (Wildman–Crippen MR) is 111 cm³/mol. The molecule has 0 radical (unpaired) electrons. The summed E-state index contributed by atoms with van der Waals surface area (Å²) in [6.07, 6.45) is 1.12. The SMILES string of the molecule is CCc1ccc(C(CNC(=O)Cc2n[nH]c(=O)c3ccccc23)N(C)C)cc1. The van der Waals surface area contributed by atoms with Gasteiger partial charge in [0.2, 0.25) is 5.91 Å². The highest BCUT2D eigenvalue weighted by Gasteiger charge is 2.16. The van der Waals surface area contributed by atoms with E-state index in [1.165, 1.54) is 5.56 Å². The number of aromatic nitrogens is 2. The van der Waals surface area contributed by atoms with Crippen LogP contribution in [0.15, 0.2) is 53.3 Å². The fourth-order valence-corrected chi connectivity index (χ4v) is 3.31. The molecule has 6 heteroatoms. The van der Waals surface area contributed by atoms with Crippen LogP contribution < -0.4 is 10.9 Å². The standard InChI is InChI=1S/C22H26N4O2/c1-4-15-9-11-16(12-10-15)20(26(2)3)14-23-21(27)13-19-17-7-5-6-8-18(17)22(28)25-24-19/h5-12,20H,4,13-14H2,1-3H3,(H,23,27)(H,25,28). The summed E-state index contributed by atoms with van der Waals surface area (Å²) < 4.78 is 0. The van der Waals surface area contributed by atoms with Crippen molar-refractivity contribution < 1.29 is 4.79 Å². The van der Waals surface area contributed by atoms with E-state index in [0.717, 1.165) is 12.0 Å². The molecule has 0 spiro atoms. The van der Waals surface area contributed by atoms with E-state index >= 15 is 0 Å². The second kappa shape index (κ2) is 8.80. The van der Waals surface area contributed by atoms with Crippen LogP contribution in [0.1, 0.15) is 29.8 Å². The molecule has 1 aromatic heterocycles. The van der Waals surface area contributed by atoms with Crippen LogP contribution >= 0.6 is 0 Å². The number of benzene rings is 2. The van der Waals surface area contributed by atoms with Crippen LogP contribution in [-0.4, -0.2) is 41.6 Å². The van der Waals surface area contributed by atoms with Gasteiger partial charge in [-0.05, 0) is 37.7 Å². The smallest absolute Gasteiger partial charge is 0.272 e. The number of fused-ring (bicyclic) bond motifs is 1. The highest BCUT2D eigenvalue weighted by Crippen LogP contribution is 2.19. The molecule has 1 unspecified atom stereocenters. The van der Waals surface area contributed by atoms with E-state index in [9.17, 15) is 9.59 Å². The Kier molecular flexibility index (Phi) is 6.21. The van der Waals surface area contributed by atoms with E-state index in [1.807, 2.05) is 26.2 Å². The Hall–Kier alpha value is -2.99. The van der Waals surface area contributed by atoms with Gasteiger partial charge in [-0.1, -0.05) is 49.4 Å². The molecule has 0 bridgehead atoms. The zero-order valence-electron chi connectivity index (χ0n) is 16.5. The molecule has 0 saturated heterocycles. The van der Waals surface area contributed by atoms with Gasteiger partial charge in [-0.15, -0.1) is 0 Å². The molecule has 1 atom stereocenters. The van der Waals surface area contributed by atoms with E-state index in [4.69, 9.17) is 0 Å². The van der Waals surface area contributed by atoms with Crippen LogP contribution in [0.3, 0.4) is 0 Å². The highest BCUT2D eigenvalue weighted by molar-refractivity contribution is 5.88. The van der Waals surface area contributed by atoms with Gasteiger partial charge in [0.25, 0.3) is 5.56 Å². The van der Waals surface area contributed by atoms with Gasteiger partial charge in [-0.3, -0.25) is 9.59 Å². The molecule has 0 saturated carbocycles. The topological polar surface area (TPSA) is 78.1 Å². The summed E-state index contributed by atoms with van der Waals surface area (Å²) in [4.78, 5) is 26.5. The van der Waals surface area contributed by atoms with Crippen molar-refractivity contribution in [2.24, 2.45) is 0 Å². The molecule has 146 valence electrons. The molecule has 0 aliphatic rings. The molecule has 3 rings (SSSR count). The molecule has 1 amide bonds. The van der Waals surface area contributed by atoms with Crippen molar-refractivity contribution in [3.05, 3.63) is 75.7 Å². The Morgan fingerprint density at radius 3 is 2.43 bits per heavy atom. The fraction of sp³-hybridized carbons (Fsp3) is 0.318. The third-order valence-electron chi connectivity index (χ3n) is 4.99. The van der Waals surface area contributed by atoms with E-state index in [2.05, 4.69) is 51.6 Å². The second-order valence-electron chi connectivity index (χ2n) is 7.10. The highest BCUT2D eigenvalue weighted by atomic mass is 16.1. The van der Waals surface area contributed by atoms with Crippen LogP contribution in [0.5, 0.6) is 0 Å². The summed E-state index contributed by atoms with van der Waals surface area (Å²) in [5.41, 5.74) is 2.78. The number of H-pyrrole nitrogens is 1. The van der Waals surface area contributed by atoms with E-state index in [-0.39, 0.29) is 23.9 Å². The number of hydrogen-bond donors (Lipinski definition) is 2. The lowest BCUT2D eigenvalue weighted by atomic mass is 10.0. The molecular weight excluding hydrogens is 352 g/mol. The molecule has 2 aromatic carbocycles. The molecule has 2 N–H and O–H groups in total. The van der Waals surface area contributed by atoms with Gasteiger partial charge in [-0.25, -0.2) is 5.10 Å². The first kappa shape index (κ1) is 19.8. The van der Waals surface area contributed by atoms with Crippen LogP contribution in [0.4, 0.5) is 0 Å². The van der Waals surface area contributed by atoms with Crippen molar-refractivity contribution in [2.45, 2.75) is 25.8 Å². The molecule has 28 heavy (non-hydrogen) atoms. The van der Waals surface area contributed by atoms with Crippen molar-refractivity contribution in [3.8, 4) is 0 Å². The minimum absolute atomic E-state index is 0.0788. The number of aryl methyl sites for hydroxylation is 1. The van der Waals surface area contributed by atoms with Crippen molar-refractivity contribution in [1.82, 2.24) is 20.4 Å². The van der Waals surface area contributed by atoms with Gasteiger partial charge in [0.1, 0.15) is 0 Å². The monoisotopic (exact) mass is 378 g/mol. The van der Waals surface area contributed by atoms with Crippen LogP contribution in [0, 0.1) is 0 Å². The van der Waals surface area contributed by atoms with Gasteiger partial charge in [-0.2, -0.15) is 5.10 Å². The number of likely N-dealkylation sites (N-methyl/N-ethyl adjacent to an activating group) is 1. The van der Waals surface area contributed by atoms with Crippen LogP contribution in [0.2, 0.25) is 0 Å². The van der Waals surface area contributed by atoms with Crippen LogP contribution in [0.25, 0.3) is 10.8 Å². The minimum Gasteiger partial charge on any atom is -0.354 e. The number of carbonyl (C=O) groups excluding carboxylic acids is 1. The van der Waals surface area contributed by atoms with Crippen molar-refractivity contribution in [1.29, 1.82) is 0 Å².